The van der Waals surface area contributed by atoms with Gasteiger partial charge in [0.05, 0.1) is 6.54 Å². The number of hydrogen-bond acceptors (Lipinski definition) is 3. The molecule has 21 heavy (non-hydrogen) atoms. The maximum Gasteiger partial charge on any atom is 0.238 e. The molecule has 1 saturated heterocycles. The molecule has 2 unspecified atom stereocenters. The van der Waals surface area contributed by atoms with E-state index in [1.54, 1.807) is 0 Å². The minimum absolute atomic E-state index is 0.0778. The monoisotopic (exact) mass is 287 g/mol. The Morgan fingerprint density at radius 1 is 1.14 bits per heavy atom. The van der Waals surface area contributed by atoms with Crippen molar-refractivity contribution < 1.29 is 4.79 Å². The third kappa shape index (κ3) is 3.76. The van der Waals surface area contributed by atoms with Gasteiger partial charge >= 0.3 is 0 Å². The van der Waals surface area contributed by atoms with Gasteiger partial charge in [0.1, 0.15) is 0 Å². The molecule has 0 aromatic heterocycles. The zero-order valence-corrected chi connectivity index (χ0v) is 12.6. The van der Waals surface area contributed by atoms with Gasteiger partial charge in [-0.1, -0.05) is 19.3 Å². The Hall–Kier alpha value is -1.55. The number of carbonyl (C=O) groups excluding carboxylic acids is 1. The van der Waals surface area contributed by atoms with Gasteiger partial charge in [0.15, 0.2) is 0 Å². The highest BCUT2D eigenvalue weighted by atomic mass is 16.2. The molecule has 4 heteroatoms. The lowest BCUT2D eigenvalue weighted by molar-refractivity contribution is -0.118. The molecule has 2 fully saturated rings. The predicted octanol–water partition coefficient (Wildman–Crippen LogP) is 2.72. The van der Waals surface area contributed by atoms with E-state index < -0.39 is 0 Å². The van der Waals surface area contributed by atoms with Gasteiger partial charge in [-0.05, 0) is 55.5 Å². The maximum absolute atomic E-state index is 12.1. The molecule has 4 nitrogen and oxygen atoms in total. The van der Waals surface area contributed by atoms with Crippen LogP contribution in [-0.4, -0.2) is 30.4 Å². The summed E-state index contributed by atoms with van der Waals surface area (Å²) in [4.78, 5) is 14.5. The van der Waals surface area contributed by atoms with E-state index in [0.29, 0.717) is 12.2 Å². The van der Waals surface area contributed by atoms with Gasteiger partial charge < -0.3 is 11.1 Å². The van der Waals surface area contributed by atoms with Crippen molar-refractivity contribution in [1.29, 1.82) is 0 Å². The molecule has 114 valence electrons. The summed E-state index contributed by atoms with van der Waals surface area (Å²) in [5.41, 5.74) is 7.18. The Morgan fingerprint density at radius 3 is 2.62 bits per heavy atom. The summed E-state index contributed by atoms with van der Waals surface area (Å²) in [5.74, 6) is 1.81. The van der Waals surface area contributed by atoms with Crippen LogP contribution in [0.4, 0.5) is 11.4 Å². The van der Waals surface area contributed by atoms with E-state index >= 15 is 0 Å². The van der Waals surface area contributed by atoms with Crippen LogP contribution >= 0.6 is 0 Å². The Labute approximate surface area is 126 Å². The molecule has 1 aliphatic heterocycles. The van der Waals surface area contributed by atoms with Gasteiger partial charge in [-0.15, -0.1) is 0 Å². The van der Waals surface area contributed by atoms with Crippen molar-refractivity contribution in [2.24, 2.45) is 11.8 Å². The molecule has 1 aromatic carbocycles. The van der Waals surface area contributed by atoms with Gasteiger partial charge in [0.25, 0.3) is 0 Å². The zero-order valence-electron chi connectivity index (χ0n) is 12.6. The second kappa shape index (κ2) is 6.48. The zero-order chi connectivity index (χ0) is 14.7. The van der Waals surface area contributed by atoms with Crippen molar-refractivity contribution in [2.45, 2.75) is 32.1 Å². The van der Waals surface area contributed by atoms with Crippen LogP contribution < -0.4 is 11.1 Å². The first kappa shape index (κ1) is 14.4. The number of nitrogen functional groups attached to an aromatic ring is 1. The molecule has 2 aliphatic rings. The van der Waals surface area contributed by atoms with Crippen LogP contribution in [0.25, 0.3) is 0 Å². The Balaban J connectivity index is 1.49. The molecule has 3 rings (SSSR count). The van der Waals surface area contributed by atoms with E-state index in [9.17, 15) is 4.79 Å². The van der Waals surface area contributed by atoms with Gasteiger partial charge in [-0.3, -0.25) is 9.69 Å². The molecule has 0 bridgehead atoms. The van der Waals surface area contributed by atoms with Crippen molar-refractivity contribution in [3.63, 3.8) is 0 Å². The summed E-state index contributed by atoms with van der Waals surface area (Å²) in [5, 5.41) is 2.95. The Kier molecular flexibility index (Phi) is 4.44. The molecule has 0 radical (unpaired) electrons. The largest absolute Gasteiger partial charge is 0.399 e. The first-order valence-electron chi connectivity index (χ1n) is 8.08. The van der Waals surface area contributed by atoms with E-state index in [0.717, 1.165) is 30.6 Å². The van der Waals surface area contributed by atoms with Gasteiger partial charge in [-0.2, -0.15) is 0 Å². The molecule has 0 spiro atoms. The van der Waals surface area contributed by atoms with Gasteiger partial charge in [0.2, 0.25) is 5.91 Å². The molecule has 1 aliphatic carbocycles. The fraction of sp³-hybridized carbons (Fsp3) is 0.588. The number of amides is 1. The number of anilines is 2. The first-order valence-corrected chi connectivity index (χ1v) is 8.08. The van der Waals surface area contributed by atoms with Crippen LogP contribution in [0, 0.1) is 11.8 Å². The topological polar surface area (TPSA) is 58.4 Å². The third-order valence-corrected chi connectivity index (χ3v) is 4.94. The molecular formula is C17H25N3O. The Morgan fingerprint density at radius 2 is 1.86 bits per heavy atom. The number of rotatable bonds is 3. The van der Waals surface area contributed by atoms with E-state index in [-0.39, 0.29) is 5.91 Å². The Bertz CT molecular complexity index is 485. The van der Waals surface area contributed by atoms with Crippen LogP contribution in [0.5, 0.6) is 0 Å². The second-order valence-corrected chi connectivity index (χ2v) is 6.50. The molecule has 3 N–H and O–H groups in total. The lowest BCUT2D eigenvalue weighted by Gasteiger charge is -2.41. The van der Waals surface area contributed by atoms with Crippen LogP contribution in [0.1, 0.15) is 32.1 Å². The van der Waals surface area contributed by atoms with E-state index in [1.807, 2.05) is 24.3 Å². The molecule has 2 atom stereocenters. The van der Waals surface area contributed by atoms with E-state index in [4.69, 9.17) is 5.73 Å². The van der Waals surface area contributed by atoms with Crippen molar-refractivity contribution in [3.8, 4) is 0 Å². The molecule has 1 heterocycles. The highest BCUT2D eigenvalue weighted by Gasteiger charge is 2.31. The van der Waals surface area contributed by atoms with Crippen molar-refractivity contribution in [2.75, 3.05) is 30.7 Å². The van der Waals surface area contributed by atoms with Crippen LogP contribution in [0.15, 0.2) is 24.3 Å². The van der Waals surface area contributed by atoms with Gasteiger partial charge in [-0.25, -0.2) is 0 Å². The fourth-order valence-electron chi connectivity index (χ4n) is 3.79. The van der Waals surface area contributed by atoms with E-state index in [2.05, 4.69) is 10.2 Å². The molecule has 1 saturated carbocycles. The van der Waals surface area contributed by atoms with Crippen LogP contribution in [0.3, 0.4) is 0 Å². The quantitative estimate of drug-likeness (QED) is 0.840. The SMILES string of the molecule is Nc1ccc(NC(=O)CN2CCC3CCCCC3C2)cc1. The predicted molar refractivity (Wildman–Crippen MR) is 86.0 cm³/mol. The summed E-state index contributed by atoms with van der Waals surface area (Å²) in [6.07, 6.45) is 6.78. The smallest absolute Gasteiger partial charge is 0.238 e. The average molecular weight is 287 g/mol. The summed E-state index contributed by atoms with van der Waals surface area (Å²) < 4.78 is 0. The van der Waals surface area contributed by atoms with Crippen molar-refractivity contribution >= 4 is 17.3 Å². The first-order chi connectivity index (χ1) is 10.2. The second-order valence-electron chi connectivity index (χ2n) is 6.50. The number of fused-ring (bicyclic) bond motifs is 1. The van der Waals surface area contributed by atoms with Gasteiger partial charge in [0, 0.05) is 17.9 Å². The number of carbonyl (C=O) groups is 1. The summed E-state index contributed by atoms with van der Waals surface area (Å²) in [6, 6.07) is 7.31. The van der Waals surface area contributed by atoms with Crippen LogP contribution in [-0.2, 0) is 4.79 Å². The number of nitrogens with one attached hydrogen (secondary N) is 1. The normalized spacial score (nSPS) is 26.1. The summed E-state index contributed by atoms with van der Waals surface area (Å²) >= 11 is 0. The fourth-order valence-corrected chi connectivity index (χ4v) is 3.79. The minimum Gasteiger partial charge on any atom is -0.399 e. The minimum atomic E-state index is 0.0778. The van der Waals surface area contributed by atoms with Crippen LogP contribution in [0.2, 0.25) is 0 Å². The summed E-state index contributed by atoms with van der Waals surface area (Å²) in [6.45, 7) is 2.67. The standard InChI is InChI=1S/C17H25N3O/c18-15-5-7-16(8-6-15)19-17(21)12-20-10-9-13-3-1-2-4-14(13)11-20/h5-8,13-14H,1-4,9-12,18H2,(H,19,21). The van der Waals surface area contributed by atoms with Crippen molar-refractivity contribution in [3.05, 3.63) is 24.3 Å². The maximum atomic E-state index is 12.1. The molecular weight excluding hydrogens is 262 g/mol. The van der Waals surface area contributed by atoms with Crippen molar-refractivity contribution in [1.82, 2.24) is 4.90 Å². The summed E-state index contributed by atoms with van der Waals surface area (Å²) in [7, 11) is 0. The number of benzene rings is 1. The number of nitrogens with two attached hydrogens (primary N) is 1. The molecule has 1 amide bonds. The lowest BCUT2D eigenvalue weighted by Crippen LogP contribution is -2.44. The van der Waals surface area contributed by atoms with E-state index in [1.165, 1.54) is 32.1 Å². The number of nitrogens with zero attached hydrogens (tertiary/aromatic N) is 1. The highest BCUT2D eigenvalue weighted by Crippen LogP contribution is 2.35. The third-order valence-electron chi connectivity index (χ3n) is 4.94. The average Bonchev–Trinajstić information content (AvgIpc) is 2.49. The number of hydrogen-bond donors (Lipinski definition) is 2. The number of piperidine rings is 1. The number of likely N-dealkylation sites (tertiary alicyclic amines) is 1. The molecule has 1 aromatic rings. The lowest BCUT2D eigenvalue weighted by atomic mass is 9.75. The highest BCUT2D eigenvalue weighted by molar-refractivity contribution is 5.92.